The third-order valence-electron chi connectivity index (χ3n) is 10.9. The van der Waals surface area contributed by atoms with Gasteiger partial charge in [0.1, 0.15) is 19.3 Å². The minimum absolute atomic E-state index is 0.0177. The van der Waals surface area contributed by atoms with Crippen LogP contribution in [0.1, 0.15) is 206 Å². The van der Waals surface area contributed by atoms with Gasteiger partial charge in [-0.15, -0.1) is 0 Å². The Balaban J connectivity index is 4.20. The van der Waals surface area contributed by atoms with E-state index >= 15 is 0 Å². The van der Waals surface area contributed by atoms with E-state index in [1.54, 1.807) is 0 Å². The second-order valence-corrected chi connectivity index (χ2v) is 19.9. The maximum Gasteiger partial charge on any atom is 0.306 e. The Labute approximate surface area is 401 Å². The molecule has 0 heterocycles. The Morgan fingerprint density at radius 3 is 1.34 bits per heavy atom. The molecule has 8 nitrogen and oxygen atoms in total. The summed E-state index contributed by atoms with van der Waals surface area (Å²) in [6.45, 7) is 5.25. The van der Waals surface area contributed by atoms with Crippen LogP contribution in [-0.2, 0) is 27.9 Å². The molecule has 0 aromatic rings. The smallest absolute Gasteiger partial charge is 0.306 e. The summed E-state index contributed by atoms with van der Waals surface area (Å²) < 4.78 is 34.8. The van der Waals surface area contributed by atoms with Crippen LogP contribution in [0, 0.1) is 0 Å². The van der Waals surface area contributed by atoms with Gasteiger partial charge in [0, 0.05) is 13.0 Å². The van der Waals surface area contributed by atoms with Crippen LogP contribution in [0.3, 0.4) is 0 Å². The van der Waals surface area contributed by atoms with Gasteiger partial charge < -0.3 is 27.9 Å². The second kappa shape index (κ2) is 48.1. The summed E-state index contributed by atoms with van der Waals surface area (Å²) in [4.78, 5) is 25.2. The highest BCUT2D eigenvalue weighted by Crippen LogP contribution is 2.38. The quantitative estimate of drug-likeness (QED) is 0.0197. The lowest BCUT2D eigenvalue weighted by Crippen LogP contribution is -2.37. The number of phosphoric ester groups is 1. The van der Waals surface area contributed by atoms with Gasteiger partial charge in [-0.25, -0.2) is 0 Å². The molecule has 0 saturated heterocycles. The number of allylic oxidation sites excluding steroid dienone is 14. The highest BCUT2D eigenvalue weighted by Gasteiger charge is 2.20. The van der Waals surface area contributed by atoms with E-state index in [1.807, 2.05) is 21.1 Å². The zero-order valence-corrected chi connectivity index (χ0v) is 43.6. The molecule has 0 aliphatic rings. The first-order valence-corrected chi connectivity index (χ1v) is 27.8. The van der Waals surface area contributed by atoms with Gasteiger partial charge in [-0.1, -0.05) is 195 Å². The highest BCUT2D eigenvalue weighted by atomic mass is 31.2. The molecule has 2 atom stereocenters. The molecule has 0 N–H and O–H groups in total. The summed E-state index contributed by atoms with van der Waals surface area (Å²) in [7, 11) is 1.33. The molecule has 0 bridgehead atoms. The van der Waals surface area contributed by atoms with E-state index in [9.17, 15) is 14.3 Å². The third kappa shape index (κ3) is 52.5. The van der Waals surface area contributed by atoms with Crippen LogP contribution in [0.5, 0.6) is 0 Å². The monoisotopic (exact) mass is 930 g/mol. The zero-order valence-electron chi connectivity index (χ0n) is 42.7. The predicted octanol–water partition coefficient (Wildman–Crippen LogP) is 15.8. The Morgan fingerprint density at radius 1 is 0.492 bits per heavy atom. The van der Waals surface area contributed by atoms with Crippen molar-refractivity contribution in [3.8, 4) is 0 Å². The average Bonchev–Trinajstić information content (AvgIpc) is 3.27. The largest absolute Gasteiger partial charge is 0.756 e. The fourth-order valence-electron chi connectivity index (χ4n) is 6.90. The summed E-state index contributed by atoms with van der Waals surface area (Å²) in [5.41, 5.74) is 0. The number of ether oxygens (including phenoxy) is 2. The van der Waals surface area contributed by atoms with E-state index in [4.69, 9.17) is 18.5 Å². The van der Waals surface area contributed by atoms with Gasteiger partial charge in [0.05, 0.1) is 34.4 Å². The van der Waals surface area contributed by atoms with Crippen LogP contribution in [-0.4, -0.2) is 70.7 Å². The van der Waals surface area contributed by atoms with Crippen molar-refractivity contribution in [2.24, 2.45) is 0 Å². The van der Waals surface area contributed by atoms with Crippen molar-refractivity contribution < 1.29 is 37.3 Å². The molecule has 0 radical (unpaired) electrons. The van der Waals surface area contributed by atoms with Crippen molar-refractivity contribution in [1.29, 1.82) is 0 Å². The Morgan fingerprint density at radius 2 is 0.892 bits per heavy atom. The minimum Gasteiger partial charge on any atom is -0.756 e. The van der Waals surface area contributed by atoms with Crippen LogP contribution in [0.4, 0.5) is 0 Å². The lowest BCUT2D eigenvalue weighted by molar-refractivity contribution is -0.870. The molecule has 0 rings (SSSR count). The van der Waals surface area contributed by atoms with Crippen LogP contribution in [0.25, 0.3) is 0 Å². The van der Waals surface area contributed by atoms with E-state index in [2.05, 4.69) is 98.9 Å². The van der Waals surface area contributed by atoms with E-state index < -0.39 is 13.9 Å². The van der Waals surface area contributed by atoms with E-state index in [1.165, 1.54) is 103 Å². The molecule has 376 valence electrons. The van der Waals surface area contributed by atoms with Gasteiger partial charge in [-0.3, -0.25) is 9.36 Å². The number of esters is 1. The van der Waals surface area contributed by atoms with Gasteiger partial charge in [0.25, 0.3) is 7.82 Å². The van der Waals surface area contributed by atoms with Gasteiger partial charge in [-0.2, -0.15) is 0 Å². The molecule has 0 fully saturated rings. The number of nitrogens with zero attached hydrogens (tertiary/aromatic N) is 1. The van der Waals surface area contributed by atoms with Crippen molar-refractivity contribution in [1.82, 2.24) is 0 Å². The van der Waals surface area contributed by atoms with Crippen molar-refractivity contribution in [2.45, 2.75) is 213 Å². The Bertz CT molecular complexity index is 1310. The molecule has 0 aliphatic carbocycles. The van der Waals surface area contributed by atoms with E-state index in [-0.39, 0.29) is 25.8 Å². The molecule has 0 aromatic carbocycles. The maximum absolute atomic E-state index is 12.8. The molecule has 65 heavy (non-hydrogen) atoms. The molecule has 9 heteroatoms. The summed E-state index contributed by atoms with van der Waals surface area (Å²) in [5.74, 6) is -0.346. The topological polar surface area (TPSA) is 94.1 Å². The highest BCUT2D eigenvalue weighted by molar-refractivity contribution is 7.45. The van der Waals surface area contributed by atoms with Crippen molar-refractivity contribution in [2.75, 3.05) is 54.1 Å². The first-order chi connectivity index (χ1) is 31.6. The molecule has 0 spiro atoms. The van der Waals surface area contributed by atoms with Crippen LogP contribution in [0.15, 0.2) is 85.1 Å². The fraction of sp³-hybridized carbons (Fsp3) is 0.732. The van der Waals surface area contributed by atoms with Crippen LogP contribution in [0.2, 0.25) is 0 Å². The second-order valence-electron chi connectivity index (χ2n) is 18.5. The van der Waals surface area contributed by atoms with Gasteiger partial charge >= 0.3 is 5.97 Å². The number of rotatable bonds is 48. The summed E-state index contributed by atoms with van der Waals surface area (Å²) in [6, 6.07) is 0. The fourth-order valence-corrected chi connectivity index (χ4v) is 7.63. The summed E-state index contributed by atoms with van der Waals surface area (Å²) in [6.07, 6.45) is 64.6. The van der Waals surface area contributed by atoms with Crippen LogP contribution >= 0.6 is 7.82 Å². The van der Waals surface area contributed by atoms with Gasteiger partial charge in [0.2, 0.25) is 0 Å². The molecule has 0 aliphatic heterocycles. The molecular weight excluding hydrogens is 830 g/mol. The normalized spacial score (nSPS) is 14.2. The Hall–Kier alpha value is -2.32. The minimum atomic E-state index is -4.54. The third-order valence-corrected chi connectivity index (χ3v) is 11.9. The first kappa shape index (κ1) is 62.7. The average molecular weight is 930 g/mol. The molecule has 0 amide bonds. The number of carbonyl (C=O) groups excluding carboxylic acids is 1. The van der Waals surface area contributed by atoms with E-state index in [0.29, 0.717) is 24.1 Å². The Kier molecular flexibility index (Phi) is 46.4. The number of carbonyl (C=O) groups is 1. The number of unbranched alkanes of at least 4 members (excludes halogenated alkanes) is 20. The molecular formula is C56H100NO7P. The standard InChI is InChI=1S/C56H100NO7P/c1-6-8-10-12-14-16-18-20-22-24-26-28-30-32-34-36-38-40-42-44-46-48-51-61-53-55(54-63-65(59,60)62-52-50-57(3,4)5)64-56(58)49-47-45-43-41-39-37-35-33-31-29-27-25-23-21-19-17-15-13-11-9-7-2/h8,10,14,16,19-22,25-28,32,34,55H,6-7,9,11-13,15,17-18,23-24,29-31,33,35-54H2,1-5H3/b10-8-,16-14-,21-19-,22-20-,27-25-,28-26-,34-32-. The first-order valence-electron chi connectivity index (χ1n) is 26.3. The SMILES string of the molecule is CC/C=C\C/C=C\C/C=C\C/C=C\C/C=C\CCCCCCCCOCC(COP(=O)([O-])OCC[N+](C)(C)C)OC(=O)CCCCCCCCCCC/C=C\C/C=C\CCCCCCC. The van der Waals surface area contributed by atoms with E-state index in [0.717, 1.165) is 83.5 Å². The summed E-state index contributed by atoms with van der Waals surface area (Å²) in [5, 5.41) is 0. The zero-order chi connectivity index (χ0) is 47.6. The maximum atomic E-state index is 12.8. The number of phosphoric acid groups is 1. The molecule has 2 unspecified atom stereocenters. The number of likely N-dealkylation sites (N-methyl/N-ethyl adjacent to an activating group) is 1. The predicted molar refractivity (Wildman–Crippen MR) is 277 cm³/mol. The lowest BCUT2D eigenvalue weighted by Gasteiger charge is -2.28. The number of hydrogen-bond donors (Lipinski definition) is 0. The lowest BCUT2D eigenvalue weighted by atomic mass is 10.1. The van der Waals surface area contributed by atoms with Gasteiger partial charge in [-0.05, 0) is 89.9 Å². The van der Waals surface area contributed by atoms with Gasteiger partial charge in [0.15, 0.2) is 0 Å². The molecule has 0 saturated carbocycles. The van der Waals surface area contributed by atoms with Crippen molar-refractivity contribution in [3.63, 3.8) is 0 Å². The number of quaternary nitrogens is 1. The van der Waals surface area contributed by atoms with Crippen molar-refractivity contribution in [3.05, 3.63) is 85.1 Å². The van der Waals surface area contributed by atoms with Crippen LogP contribution < -0.4 is 4.89 Å². The molecule has 0 aromatic heterocycles. The number of hydrogen-bond acceptors (Lipinski definition) is 7. The summed E-state index contributed by atoms with van der Waals surface area (Å²) >= 11 is 0. The van der Waals surface area contributed by atoms with Crippen molar-refractivity contribution >= 4 is 13.8 Å².